The number of anilines is 1. The van der Waals surface area contributed by atoms with Gasteiger partial charge in [0.05, 0.1) is 19.8 Å². The number of hydrogen-bond acceptors (Lipinski definition) is 7. The van der Waals surface area contributed by atoms with Crippen molar-refractivity contribution in [1.82, 2.24) is 15.2 Å². The number of benzene rings is 1. The van der Waals surface area contributed by atoms with Crippen molar-refractivity contribution in [1.29, 1.82) is 0 Å². The highest BCUT2D eigenvalue weighted by molar-refractivity contribution is 7.18. The lowest BCUT2D eigenvalue weighted by Gasteiger charge is -2.11. The largest absolute Gasteiger partial charge is 0.493 e. The fourth-order valence-electron chi connectivity index (χ4n) is 2.12. The molecule has 0 radical (unpaired) electrons. The number of pyridine rings is 1. The lowest BCUT2D eigenvalue weighted by atomic mass is 10.1. The van der Waals surface area contributed by atoms with E-state index in [1.165, 1.54) is 25.6 Å². The van der Waals surface area contributed by atoms with Crippen molar-refractivity contribution in [2.45, 2.75) is 0 Å². The summed E-state index contributed by atoms with van der Waals surface area (Å²) in [7, 11) is 3.01. The van der Waals surface area contributed by atoms with Gasteiger partial charge in [0.15, 0.2) is 11.5 Å². The molecular formula is C16H14N4O3S. The van der Waals surface area contributed by atoms with Crippen molar-refractivity contribution < 1.29 is 14.3 Å². The molecule has 1 amide bonds. The summed E-state index contributed by atoms with van der Waals surface area (Å²) in [6, 6.07) is 8.76. The van der Waals surface area contributed by atoms with Gasteiger partial charge in [-0.25, -0.2) is 0 Å². The predicted octanol–water partition coefficient (Wildman–Crippen LogP) is 2.87. The fraction of sp³-hybridized carbons (Fsp3) is 0.125. The smallest absolute Gasteiger partial charge is 0.261 e. The molecule has 0 atom stereocenters. The van der Waals surface area contributed by atoms with E-state index in [9.17, 15) is 4.79 Å². The molecule has 0 bridgehead atoms. The average molecular weight is 342 g/mol. The summed E-state index contributed by atoms with van der Waals surface area (Å²) >= 11 is 1.28. The number of nitrogens with zero attached hydrogens (tertiary/aromatic N) is 3. The third kappa shape index (κ3) is 3.18. The number of rotatable bonds is 5. The van der Waals surface area contributed by atoms with E-state index in [-0.39, 0.29) is 5.91 Å². The maximum Gasteiger partial charge on any atom is 0.261 e. The molecule has 7 nitrogen and oxygen atoms in total. The molecule has 8 heteroatoms. The second-order valence-electron chi connectivity index (χ2n) is 4.64. The number of ether oxygens (including phenoxy) is 2. The molecule has 0 fully saturated rings. The van der Waals surface area contributed by atoms with Crippen LogP contribution < -0.4 is 14.8 Å². The van der Waals surface area contributed by atoms with Crippen LogP contribution in [-0.2, 0) is 0 Å². The van der Waals surface area contributed by atoms with E-state index in [2.05, 4.69) is 20.5 Å². The van der Waals surface area contributed by atoms with E-state index >= 15 is 0 Å². The Hall–Kier alpha value is -3.00. The lowest BCUT2D eigenvalue weighted by Crippen LogP contribution is -2.13. The Labute approximate surface area is 142 Å². The zero-order chi connectivity index (χ0) is 16.9. The van der Waals surface area contributed by atoms with Gasteiger partial charge in [-0.05, 0) is 24.3 Å². The lowest BCUT2D eigenvalue weighted by molar-refractivity contribution is 0.102. The van der Waals surface area contributed by atoms with Gasteiger partial charge in [-0.2, -0.15) is 0 Å². The summed E-state index contributed by atoms with van der Waals surface area (Å²) in [6.45, 7) is 0. The Bertz CT molecular complexity index is 852. The van der Waals surface area contributed by atoms with Crippen LogP contribution in [0.4, 0.5) is 5.13 Å². The van der Waals surface area contributed by atoms with Crippen LogP contribution in [0.1, 0.15) is 10.4 Å². The standard InChI is InChI=1S/C16H14N4O3S/c1-22-12-5-3-4-11(13(12)23-2)14(21)18-16-20-19-15(24-16)10-6-8-17-9-7-10/h3-9H,1-2H3,(H,18,20,21). The van der Waals surface area contributed by atoms with Crippen molar-refractivity contribution in [3.05, 3.63) is 48.3 Å². The Morgan fingerprint density at radius 2 is 1.88 bits per heavy atom. The molecule has 2 heterocycles. The normalized spacial score (nSPS) is 10.2. The van der Waals surface area contributed by atoms with Crippen LogP contribution in [0.25, 0.3) is 10.6 Å². The van der Waals surface area contributed by atoms with Gasteiger partial charge in [-0.3, -0.25) is 15.1 Å². The third-order valence-corrected chi connectivity index (χ3v) is 4.11. The quantitative estimate of drug-likeness (QED) is 0.767. The van der Waals surface area contributed by atoms with Crippen LogP contribution in [0.2, 0.25) is 0 Å². The van der Waals surface area contributed by atoms with Gasteiger partial charge in [0, 0.05) is 18.0 Å². The van der Waals surface area contributed by atoms with Gasteiger partial charge in [-0.1, -0.05) is 17.4 Å². The average Bonchev–Trinajstić information content (AvgIpc) is 3.10. The Morgan fingerprint density at radius 1 is 1.08 bits per heavy atom. The number of amides is 1. The van der Waals surface area contributed by atoms with Crippen LogP contribution in [0.15, 0.2) is 42.7 Å². The minimum Gasteiger partial charge on any atom is -0.493 e. The second kappa shape index (κ2) is 7.05. The Kier molecular flexibility index (Phi) is 4.66. The van der Waals surface area contributed by atoms with E-state index in [0.717, 1.165) is 5.56 Å². The third-order valence-electron chi connectivity index (χ3n) is 3.22. The van der Waals surface area contributed by atoms with Crippen LogP contribution in [-0.4, -0.2) is 35.3 Å². The molecule has 3 rings (SSSR count). The molecule has 2 aromatic heterocycles. The van der Waals surface area contributed by atoms with Crippen LogP contribution in [0.5, 0.6) is 11.5 Å². The van der Waals surface area contributed by atoms with Gasteiger partial charge in [-0.15, -0.1) is 10.2 Å². The summed E-state index contributed by atoms with van der Waals surface area (Å²) in [5.74, 6) is 0.513. The molecule has 1 N–H and O–H groups in total. The van der Waals surface area contributed by atoms with Gasteiger partial charge < -0.3 is 9.47 Å². The van der Waals surface area contributed by atoms with Crippen molar-refractivity contribution in [2.75, 3.05) is 19.5 Å². The van der Waals surface area contributed by atoms with E-state index in [4.69, 9.17) is 9.47 Å². The highest BCUT2D eigenvalue weighted by atomic mass is 32.1. The first-order valence-corrected chi connectivity index (χ1v) is 7.81. The van der Waals surface area contributed by atoms with Gasteiger partial charge in [0.1, 0.15) is 5.01 Å². The van der Waals surface area contributed by atoms with Gasteiger partial charge in [0.25, 0.3) is 5.91 Å². The van der Waals surface area contributed by atoms with Crippen molar-refractivity contribution in [3.63, 3.8) is 0 Å². The van der Waals surface area contributed by atoms with E-state index < -0.39 is 0 Å². The minimum atomic E-state index is -0.344. The highest BCUT2D eigenvalue weighted by Crippen LogP contribution is 2.32. The van der Waals surface area contributed by atoms with Crippen molar-refractivity contribution in [2.24, 2.45) is 0 Å². The monoisotopic (exact) mass is 342 g/mol. The summed E-state index contributed by atoms with van der Waals surface area (Å²) < 4.78 is 10.5. The number of para-hydroxylation sites is 1. The second-order valence-corrected chi connectivity index (χ2v) is 5.62. The molecule has 122 valence electrons. The van der Waals surface area contributed by atoms with Crippen LogP contribution in [0, 0.1) is 0 Å². The fourth-order valence-corrected chi connectivity index (χ4v) is 2.86. The number of carbonyl (C=O) groups excluding carboxylic acids is 1. The topological polar surface area (TPSA) is 86.2 Å². The van der Waals surface area contributed by atoms with Gasteiger partial charge in [0.2, 0.25) is 5.13 Å². The first-order valence-electron chi connectivity index (χ1n) is 6.99. The SMILES string of the molecule is COc1cccc(C(=O)Nc2nnc(-c3ccncc3)s2)c1OC. The summed E-state index contributed by atoms with van der Waals surface area (Å²) in [4.78, 5) is 16.5. The van der Waals surface area contributed by atoms with Gasteiger partial charge >= 0.3 is 0 Å². The molecule has 1 aromatic carbocycles. The number of hydrogen-bond donors (Lipinski definition) is 1. The van der Waals surface area contributed by atoms with Crippen molar-refractivity contribution >= 4 is 22.4 Å². The number of aromatic nitrogens is 3. The zero-order valence-corrected chi connectivity index (χ0v) is 13.8. The van der Waals surface area contributed by atoms with Crippen LogP contribution >= 0.6 is 11.3 Å². The molecule has 0 aliphatic carbocycles. The Morgan fingerprint density at radius 3 is 2.58 bits per heavy atom. The molecule has 0 unspecified atom stereocenters. The van der Waals surface area contributed by atoms with E-state index in [1.54, 1.807) is 30.6 Å². The van der Waals surface area contributed by atoms with E-state index in [0.29, 0.717) is 27.2 Å². The summed E-state index contributed by atoms with van der Waals surface area (Å²) in [6.07, 6.45) is 3.35. The number of methoxy groups -OCH3 is 2. The molecule has 3 aromatic rings. The Balaban J connectivity index is 1.82. The minimum absolute atomic E-state index is 0.344. The maximum absolute atomic E-state index is 12.5. The molecule has 24 heavy (non-hydrogen) atoms. The molecular weight excluding hydrogens is 328 g/mol. The molecule has 0 saturated heterocycles. The molecule has 0 spiro atoms. The number of carbonyl (C=O) groups is 1. The van der Waals surface area contributed by atoms with E-state index in [1.807, 2.05) is 12.1 Å². The molecule has 0 aliphatic rings. The first-order chi connectivity index (χ1) is 11.7. The summed E-state index contributed by atoms with van der Waals surface area (Å²) in [5.41, 5.74) is 1.25. The predicted molar refractivity (Wildman–Crippen MR) is 90.6 cm³/mol. The highest BCUT2D eigenvalue weighted by Gasteiger charge is 2.18. The maximum atomic E-state index is 12.5. The molecule has 0 aliphatic heterocycles. The first kappa shape index (κ1) is 15.9. The molecule has 0 saturated carbocycles. The van der Waals surface area contributed by atoms with Crippen molar-refractivity contribution in [3.8, 4) is 22.1 Å². The summed E-state index contributed by atoms with van der Waals surface area (Å²) in [5, 5.41) is 11.9. The van der Waals surface area contributed by atoms with Crippen LogP contribution in [0.3, 0.4) is 0 Å². The zero-order valence-electron chi connectivity index (χ0n) is 13.0. The number of nitrogens with one attached hydrogen (secondary N) is 1.